The number of hydrogen-bond acceptors (Lipinski definition) is 1. The summed E-state index contributed by atoms with van der Waals surface area (Å²) in [4.78, 5) is 4.76. The van der Waals surface area contributed by atoms with E-state index in [0.717, 1.165) is 22.8 Å². The molecule has 0 unspecified atom stereocenters. The van der Waals surface area contributed by atoms with Crippen molar-refractivity contribution in [1.82, 2.24) is 13.8 Å². The predicted molar refractivity (Wildman–Crippen MR) is 77.2 cm³/mol. The van der Waals surface area contributed by atoms with E-state index in [4.69, 9.17) is 4.98 Å². The molecule has 0 bridgehead atoms. The number of hydrogen-bond donors (Lipinski definition) is 0. The van der Waals surface area contributed by atoms with Crippen LogP contribution < -0.4 is 4.57 Å². The molecule has 4 heterocycles. The number of rotatable bonds is 1. The van der Waals surface area contributed by atoms with Crippen LogP contribution in [0.3, 0.4) is 0 Å². The Morgan fingerprint density at radius 1 is 0.950 bits per heavy atom. The van der Waals surface area contributed by atoms with E-state index in [1.165, 1.54) is 5.69 Å². The molecule has 4 aromatic heterocycles. The maximum atomic E-state index is 4.76. The van der Waals surface area contributed by atoms with Crippen LogP contribution in [0.5, 0.6) is 0 Å². The molecule has 0 fully saturated rings. The standard InChI is InChI=1S/C16H15N4/c1-12-11-20(15-8-4-6-9-18(12)15)16-13(2)19-10-5-3-7-14(19)17-16/h3-11H,1-2H3/q+1. The summed E-state index contributed by atoms with van der Waals surface area (Å²) in [7, 11) is 0. The molecule has 0 N–H and O–H groups in total. The van der Waals surface area contributed by atoms with E-state index < -0.39 is 0 Å². The molecular formula is C16H15N4+. The Labute approximate surface area is 116 Å². The largest absolute Gasteiger partial charge is 0.289 e. The van der Waals surface area contributed by atoms with Crippen molar-refractivity contribution in [3.63, 3.8) is 0 Å². The third kappa shape index (κ3) is 1.42. The van der Waals surface area contributed by atoms with Crippen LogP contribution in [0, 0.1) is 13.8 Å². The minimum atomic E-state index is 0.973. The fourth-order valence-electron chi connectivity index (χ4n) is 2.75. The molecule has 20 heavy (non-hydrogen) atoms. The molecule has 4 aromatic rings. The van der Waals surface area contributed by atoms with Gasteiger partial charge in [-0.15, -0.1) is 0 Å². The van der Waals surface area contributed by atoms with Crippen molar-refractivity contribution in [1.29, 1.82) is 0 Å². The minimum absolute atomic E-state index is 0.973. The summed E-state index contributed by atoms with van der Waals surface area (Å²) < 4.78 is 6.44. The molecular weight excluding hydrogens is 248 g/mol. The lowest BCUT2D eigenvalue weighted by molar-refractivity contribution is -0.571. The van der Waals surface area contributed by atoms with E-state index in [1.54, 1.807) is 0 Å². The van der Waals surface area contributed by atoms with E-state index in [1.807, 2.05) is 30.5 Å². The van der Waals surface area contributed by atoms with E-state index >= 15 is 0 Å². The van der Waals surface area contributed by atoms with Crippen molar-refractivity contribution in [3.05, 3.63) is 66.4 Å². The van der Waals surface area contributed by atoms with Gasteiger partial charge < -0.3 is 0 Å². The molecule has 0 aromatic carbocycles. The number of fused-ring (bicyclic) bond motifs is 2. The highest BCUT2D eigenvalue weighted by Crippen LogP contribution is 2.14. The fourth-order valence-corrected chi connectivity index (χ4v) is 2.75. The zero-order valence-corrected chi connectivity index (χ0v) is 11.5. The van der Waals surface area contributed by atoms with Crippen LogP contribution in [-0.4, -0.2) is 13.8 Å². The van der Waals surface area contributed by atoms with E-state index in [-0.39, 0.29) is 0 Å². The maximum Gasteiger partial charge on any atom is 0.289 e. The third-order valence-corrected chi connectivity index (χ3v) is 3.75. The molecule has 0 saturated heterocycles. The van der Waals surface area contributed by atoms with Gasteiger partial charge in [-0.1, -0.05) is 17.1 Å². The van der Waals surface area contributed by atoms with Gasteiger partial charge in [0.2, 0.25) is 11.3 Å². The van der Waals surface area contributed by atoms with Gasteiger partial charge in [0, 0.05) is 12.3 Å². The van der Waals surface area contributed by atoms with Crippen molar-refractivity contribution in [2.24, 2.45) is 0 Å². The van der Waals surface area contributed by atoms with E-state index in [0.29, 0.717) is 0 Å². The lowest BCUT2D eigenvalue weighted by Crippen LogP contribution is -2.30. The van der Waals surface area contributed by atoms with Crippen LogP contribution in [0.4, 0.5) is 0 Å². The summed E-state index contributed by atoms with van der Waals surface area (Å²) in [6.07, 6.45) is 6.25. The quantitative estimate of drug-likeness (QED) is 0.484. The SMILES string of the molecule is Cc1c(-[n+]2cc(C)n3ccccc32)nc2ccccn12. The van der Waals surface area contributed by atoms with Crippen LogP contribution in [0.15, 0.2) is 55.0 Å². The smallest absolute Gasteiger partial charge is 0.285 e. The van der Waals surface area contributed by atoms with E-state index in [9.17, 15) is 0 Å². The first-order valence-corrected chi connectivity index (χ1v) is 6.68. The van der Waals surface area contributed by atoms with Crippen LogP contribution in [0.1, 0.15) is 11.4 Å². The number of nitrogens with zero attached hydrogens (tertiary/aromatic N) is 4. The number of imidazole rings is 2. The Morgan fingerprint density at radius 3 is 2.50 bits per heavy atom. The lowest BCUT2D eigenvalue weighted by Gasteiger charge is -1.95. The average Bonchev–Trinajstić information content (AvgIpc) is 2.99. The van der Waals surface area contributed by atoms with Crippen LogP contribution in [0.2, 0.25) is 0 Å². The normalized spacial score (nSPS) is 11.5. The Bertz CT molecular complexity index is 930. The van der Waals surface area contributed by atoms with Crippen LogP contribution in [0.25, 0.3) is 17.1 Å². The van der Waals surface area contributed by atoms with E-state index in [2.05, 4.69) is 51.7 Å². The van der Waals surface area contributed by atoms with Gasteiger partial charge in [-0.3, -0.25) is 4.40 Å². The minimum Gasteiger partial charge on any atom is -0.285 e. The van der Waals surface area contributed by atoms with Crippen molar-refractivity contribution < 1.29 is 4.57 Å². The second kappa shape index (κ2) is 3.93. The topological polar surface area (TPSA) is 25.6 Å². The Balaban J connectivity index is 2.09. The van der Waals surface area contributed by atoms with Gasteiger partial charge in [-0.05, 0) is 32.0 Å². The molecule has 0 saturated carbocycles. The Hall–Kier alpha value is -2.62. The van der Waals surface area contributed by atoms with Crippen LogP contribution >= 0.6 is 0 Å². The molecule has 0 radical (unpaired) electrons. The van der Waals surface area contributed by atoms with Gasteiger partial charge in [-0.2, -0.15) is 4.57 Å². The molecule has 0 spiro atoms. The molecule has 98 valence electrons. The van der Waals surface area contributed by atoms with Gasteiger partial charge in [0.15, 0.2) is 0 Å². The number of pyridine rings is 2. The van der Waals surface area contributed by atoms with Gasteiger partial charge in [0.05, 0.1) is 11.9 Å². The van der Waals surface area contributed by atoms with Gasteiger partial charge in [0.1, 0.15) is 11.9 Å². The summed E-state index contributed by atoms with van der Waals surface area (Å²) in [5.41, 5.74) is 4.43. The fraction of sp³-hybridized carbons (Fsp3) is 0.125. The Kier molecular flexibility index (Phi) is 2.21. The third-order valence-electron chi connectivity index (χ3n) is 3.75. The average molecular weight is 263 g/mol. The van der Waals surface area contributed by atoms with Crippen molar-refractivity contribution in [3.8, 4) is 5.82 Å². The van der Waals surface area contributed by atoms with Crippen molar-refractivity contribution in [2.45, 2.75) is 13.8 Å². The van der Waals surface area contributed by atoms with Crippen LogP contribution in [-0.2, 0) is 0 Å². The number of aryl methyl sites for hydroxylation is 2. The highest BCUT2D eigenvalue weighted by Gasteiger charge is 2.20. The summed E-state index contributed by atoms with van der Waals surface area (Å²) >= 11 is 0. The molecule has 0 aliphatic carbocycles. The first-order valence-electron chi connectivity index (χ1n) is 6.68. The number of aromatic nitrogens is 4. The molecule has 0 aliphatic rings. The second-order valence-electron chi connectivity index (χ2n) is 5.02. The first-order chi connectivity index (χ1) is 9.75. The molecule has 4 heteroatoms. The maximum absolute atomic E-state index is 4.76. The molecule has 0 aliphatic heterocycles. The first kappa shape index (κ1) is 11.2. The zero-order valence-electron chi connectivity index (χ0n) is 11.5. The molecule has 0 atom stereocenters. The summed E-state index contributed by atoms with van der Waals surface area (Å²) in [5, 5.41) is 0. The van der Waals surface area contributed by atoms with Crippen molar-refractivity contribution in [2.75, 3.05) is 0 Å². The highest BCUT2D eigenvalue weighted by molar-refractivity contribution is 5.46. The van der Waals surface area contributed by atoms with Gasteiger partial charge in [-0.25, -0.2) is 4.40 Å². The molecule has 4 rings (SSSR count). The lowest BCUT2D eigenvalue weighted by atomic mass is 10.4. The second-order valence-corrected chi connectivity index (χ2v) is 5.02. The van der Waals surface area contributed by atoms with Crippen molar-refractivity contribution >= 4 is 11.3 Å². The molecule has 0 amide bonds. The zero-order chi connectivity index (χ0) is 13.7. The summed E-state index contributed by atoms with van der Waals surface area (Å²) in [5.74, 6) is 0.980. The van der Waals surface area contributed by atoms with Gasteiger partial charge >= 0.3 is 0 Å². The van der Waals surface area contributed by atoms with Gasteiger partial charge in [0.25, 0.3) is 5.82 Å². The summed E-state index contributed by atoms with van der Waals surface area (Å²) in [6.45, 7) is 4.21. The highest BCUT2D eigenvalue weighted by atomic mass is 15.2. The summed E-state index contributed by atoms with van der Waals surface area (Å²) in [6, 6.07) is 12.3. The Morgan fingerprint density at radius 2 is 1.70 bits per heavy atom. The monoisotopic (exact) mass is 263 g/mol. The molecule has 4 nitrogen and oxygen atoms in total. The predicted octanol–water partition coefficient (Wildman–Crippen LogP) is 2.48.